The molecule has 1 aliphatic heterocycles. The number of benzene rings is 1. The van der Waals surface area contributed by atoms with E-state index in [1.165, 1.54) is 19.2 Å². The first-order chi connectivity index (χ1) is 13.1. The van der Waals surface area contributed by atoms with E-state index >= 15 is 0 Å². The summed E-state index contributed by atoms with van der Waals surface area (Å²) in [4.78, 5) is 31.5. The van der Waals surface area contributed by atoms with E-state index in [9.17, 15) is 9.18 Å². The first-order valence-electron chi connectivity index (χ1n) is 8.45. The molecule has 0 radical (unpaired) electrons. The fourth-order valence-corrected chi connectivity index (χ4v) is 3.27. The lowest BCUT2D eigenvalue weighted by atomic mass is 10.0. The van der Waals surface area contributed by atoms with Crippen molar-refractivity contribution in [2.45, 2.75) is 19.4 Å². The van der Waals surface area contributed by atoms with Crippen LogP contribution in [-0.4, -0.2) is 33.0 Å². The molecule has 0 saturated heterocycles. The SMILES string of the molecule is CCC1c2cc(F)c(OC)cc2C(=O)N1c1ccnc(-c2ncccn2)n1. The summed E-state index contributed by atoms with van der Waals surface area (Å²) < 4.78 is 19.2. The lowest BCUT2D eigenvalue weighted by molar-refractivity contribution is 0.0989. The molecule has 3 heterocycles. The number of hydrogen-bond donors (Lipinski definition) is 0. The molecule has 27 heavy (non-hydrogen) atoms. The largest absolute Gasteiger partial charge is 0.494 e. The van der Waals surface area contributed by atoms with Crippen LogP contribution in [0.15, 0.2) is 42.9 Å². The molecule has 3 aromatic rings. The number of ether oxygens (including phenoxy) is 1. The van der Waals surface area contributed by atoms with Gasteiger partial charge in [0, 0.05) is 24.2 Å². The highest BCUT2D eigenvalue weighted by Gasteiger charge is 2.38. The summed E-state index contributed by atoms with van der Waals surface area (Å²) in [6.45, 7) is 1.94. The molecule has 2 aromatic heterocycles. The number of halogens is 1. The zero-order valence-corrected chi connectivity index (χ0v) is 14.8. The third kappa shape index (κ3) is 2.79. The van der Waals surface area contributed by atoms with Gasteiger partial charge in [0.1, 0.15) is 5.82 Å². The maximum atomic E-state index is 14.2. The molecule has 136 valence electrons. The third-order valence-corrected chi connectivity index (χ3v) is 4.48. The Kier molecular flexibility index (Phi) is 4.23. The number of rotatable bonds is 4. The Morgan fingerprint density at radius 2 is 1.89 bits per heavy atom. The first kappa shape index (κ1) is 17.0. The van der Waals surface area contributed by atoms with Crippen molar-refractivity contribution in [3.05, 3.63) is 59.8 Å². The second-order valence-corrected chi connectivity index (χ2v) is 5.98. The number of amides is 1. The van der Waals surface area contributed by atoms with Gasteiger partial charge in [0.15, 0.2) is 23.2 Å². The number of fused-ring (bicyclic) bond motifs is 1. The van der Waals surface area contributed by atoms with Crippen molar-refractivity contribution in [3.8, 4) is 17.4 Å². The molecule has 8 heteroatoms. The monoisotopic (exact) mass is 365 g/mol. The van der Waals surface area contributed by atoms with Crippen molar-refractivity contribution in [1.82, 2.24) is 19.9 Å². The maximum Gasteiger partial charge on any atom is 0.260 e. The predicted molar refractivity (Wildman–Crippen MR) is 95.9 cm³/mol. The van der Waals surface area contributed by atoms with Gasteiger partial charge in [0.05, 0.1) is 13.2 Å². The molecule has 0 bridgehead atoms. The molecule has 0 spiro atoms. The van der Waals surface area contributed by atoms with Crippen molar-refractivity contribution in [2.24, 2.45) is 0 Å². The summed E-state index contributed by atoms with van der Waals surface area (Å²) in [7, 11) is 1.37. The molecule has 7 nitrogen and oxygen atoms in total. The van der Waals surface area contributed by atoms with Gasteiger partial charge in [-0.1, -0.05) is 6.92 Å². The fourth-order valence-electron chi connectivity index (χ4n) is 3.27. The second kappa shape index (κ2) is 6.71. The van der Waals surface area contributed by atoms with E-state index < -0.39 is 5.82 Å². The van der Waals surface area contributed by atoms with Gasteiger partial charge in [0.25, 0.3) is 5.91 Å². The van der Waals surface area contributed by atoms with Crippen LogP contribution in [0, 0.1) is 5.82 Å². The van der Waals surface area contributed by atoms with E-state index in [-0.39, 0.29) is 17.7 Å². The van der Waals surface area contributed by atoms with Crippen molar-refractivity contribution in [1.29, 1.82) is 0 Å². The predicted octanol–water partition coefficient (Wildman–Crippen LogP) is 3.19. The van der Waals surface area contributed by atoms with E-state index in [4.69, 9.17) is 4.74 Å². The molecule has 1 amide bonds. The molecule has 1 aliphatic rings. The molecule has 1 aromatic carbocycles. The number of aromatic nitrogens is 4. The van der Waals surface area contributed by atoms with E-state index in [0.29, 0.717) is 35.0 Å². The van der Waals surface area contributed by atoms with Crippen LogP contribution in [-0.2, 0) is 0 Å². The third-order valence-electron chi connectivity index (χ3n) is 4.48. The molecule has 0 saturated carbocycles. The quantitative estimate of drug-likeness (QED) is 0.706. The van der Waals surface area contributed by atoms with Crippen LogP contribution in [0.4, 0.5) is 10.2 Å². The normalized spacial score (nSPS) is 15.7. The van der Waals surface area contributed by atoms with Crippen LogP contribution in [0.25, 0.3) is 11.6 Å². The van der Waals surface area contributed by atoms with Crippen LogP contribution < -0.4 is 9.64 Å². The van der Waals surface area contributed by atoms with Crippen LogP contribution in [0.2, 0.25) is 0 Å². The van der Waals surface area contributed by atoms with E-state index in [0.717, 1.165) is 0 Å². The molecule has 0 N–H and O–H groups in total. The Balaban J connectivity index is 1.79. The lowest BCUT2D eigenvalue weighted by Gasteiger charge is -2.23. The van der Waals surface area contributed by atoms with Gasteiger partial charge in [-0.3, -0.25) is 9.69 Å². The first-order valence-corrected chi connectivity index (χ1v) is 8.45. The number of nitrogens with zero attached hydrogens (tertiary/aromatic N) is 5. The minimum atomic E-state index is -0.495. The molecule has 4 rings (SSSR count). The summed E-state index contributed by atoms with van der Waals surface area (Å²) in [5.74, 6) is 0.388. The Labute approximate surface area is 154 Å². The molecule has 1 unspecified atom stereocenters. The molecule has 1 atom stereocenters. The topological polar surface area (TPSA) is 81.1 Å². The number of anilines is 1. The van der Waals surface area contributed by atoms with Gasteiger partial charge < -0.3 is 4.74 Å². The Morgan fingerprint density at radius 3 is 2.59 bits per heavy atom. The average Bonchev–Trinajstić information content (AvgIpc) is 2.98. The minimum Gasteiger partial charge on any atom is -0.494 e. The van der Waals surface area contributed by atoms with E-state index in [1.807, 2.05) is 6.92 Å². The van der Waals surface area contributed by atoms with Crippen LogP contribution in [0.5, 0.6) is 5.75 Å². The Morgan fingerprint density at radius 1 is 1.15 bits per heavy atom. The summed E-state index contributed by atoms with van der Waals surface area (Å²) in [5.41, 5.74) is 1.04. The van der Waals surface area contributed by atoms with Gasteiger partial charge in [-0.2, -0.15) is 0 Å². The highest BCUT2D eigenvalue weighted by molar-refractivity contribution is 6.10. The summed E-state index contributed by atoms with van der Waals surface area (Å²) >= 11 is 0. The Bertz CT molecular complexity index is 1010. The molecular weight excluding hydrogens is 349 g/mol. The lowest BCUT2D eigenvalue weighted by Crippen LogP contribution is -2.28. The smallest absolute Gasteiger partial charge is 0.260 e. The zero-order valence-electron chi connectivity index (χ0n) is 14.8. The number of methoxy groups -OCH3 is 1. The number of hydrogen-bond acceptors (Lipinski definition) is 6. The van der Waals surface area contributed by atoms with Gasteiger partial charge in [-0.05, 0) is 36.2 Å². The van der Waals surface area contributed by atoms with Crippen LogP contribution in [0.1, 0.15) is 35.3 Å². The average molecular weight is 365 g/mol. The summed E-state index contributed by atoms with van der Waals surface area (Å²) in [6, 6.07) is 5.82. The molecular formula is C19H16FN5O2. The van der Waals surface area contributed by atoms with Crippen molar-refractivity contribution >= 4 is 11.7 Å². The van der Waals surface area contributed by atoms with Crippen LogP contribution in [0.3, 0.4) is 0 Å². The van der Waals surface area contributed by atoms with Crippen molar-refractivity contribution in [2.75, 3.05) is 12.0 Å². The molecule has 0 fully saturated rings. The highest BCUT2D eigenvalue weighted by atomic mass is 19.1. The van der Waals surface area contributed by atoms with E-state index in [1.54, 1.807) is 35.6 Å². The van der Waals surface area contributed by atoms with Crippen molar-refractivity contribution < 1.29 is 13.9 Å². The van der Waals surface area contributed by atoms with Gasteiger partial charge in [0.2, 0.25) is 0 Å². The van der Waals surface area contributed by atoms with Gasteiger partial charge >= 0.3 is 0 Å². The zero-order chi connectivity index (χ0) is 19.0. The van der Waals surface area contributed by atoms with Crippen molar-refractivity contribution in [3.63, 3.8) is 0 Å². The standard InChI is InChI=1S/C19H16FN5O2/c1-3-14-11-9-13(20)15(27-2)10-12(11)19(26)25(14)16-5-8-23-18(24-16)17-21-6-4-7-22-17/h4-10,14H,3H2,1-2H3. The second-order valence-electron chi connectivity index (χ2n) is 5.98. The fraction of sp³-hybridized carbons (Fsp3) is 0.211. The van der Waals surface area contributed by atoms with Gasteiger partial charge in [-0.25, -0.2) is 24.3 Å². The summed E-state index contributed by atoms with van der Waals surface area (Å²) in [6.07, 6.45) is 5.35. The maximum absolute atomic E-state index is 14.2. The van der Waals surface area contributed by atoms with Crippen LogP contribution >= 0.6 is 0 Å². The highest BCUT2D eigenvalue weighted by Crippen LogP contribution is 2.41. The summed E-state index contributed by atoms with van der Waals surface area (Å²) in [5, 5.41) is 0. The number of carbonyl (C=O) groups excluding carboxylic acids is 1. The Hall–Kier alpha value is -3.42. The minimum absolute atomic E-state index is 0.0415. The number of carbonyl (C=O) groups is 1. The van der Waals surface area contributed by atoms with E-state index in [2.05, 4.69) is 19.9 Å². The van der Waals surface area contributed by atoms with Gasteiger partial charge in [-0.15, -0.1) is 0 Å². The molecule has 0 aliphatic carbocycles.